The summed E-state index contributed by atoms with van der Waals surface area (Å²) in [4.78, 5) is 9.19. The van der Waals surface area contributed by atoms with Crippen LogP contribution in [0.2, 0.25) is 0 Å². The van der Waals surface area contributed by atoms with Crippen molar-refractivity contribution in [3.05, 3.63) is 47.7 Å². The van der Waals surface area contributed by atoms with Gasteiger partial charge in [-0.15, -0.1) is 0 Å². The molecule has 0 fully saturated rings. The van der Waals surface area contributed by atoms with E-state index in [9.17, 15) is 0 Å². The van der Waals surface area contributed by atoms with Gasteiger partial charge in [-0.3, -0.25) is 0 Å². The highest BCUT2D eigenvalue weighted by atomic mass is 16.5. The van der Waals surface area contributed by atoms with Crippen LogP contribution in [0.5, 0.6) is 0 Å². The summed E-state index contributed by atoms with van der Waals surface area (Å²) in [5.41, 5.74) is 8.06. The van der Waals surface area contributed by atoms with E-state index in [4.69, 9.17) is 19.8 Å². The SMILES string of the molecule is CC(C)c1nc2ccccc2n1Cc1noc(-c2cc(CCN)on2)n1. The number of hydrogen-bond donors (Lipinski definition) is 1. The summed E-state index contributed by atoms with van der Waals surface area (Å²) in [5, 5.41) is 8.05. The Morgan fingerprint density at radius 2 is 1.96 bits per heavy atom. The van der Waals surface area contributed by atoms with Gasteiger partial charge in [-0.2, -0.15) is 4.98 Å². The van der Waals surface area contributed by atoms with Crippen molar-refractivity contribution in [2.45, 2.75) is 32.7 Å². The fraction of sp³-hybridized carbons (Fsp3) is 0.333. The fourth-order valence-electron chi connectivity index (χ4n) is 2.94. The maximum atomic E-state index is 5.52. The minimum atomic E-state index is 0.281. The van der Waals surface area contributed by atoms with E-state index in [0.717, 1.165) is 16.9 Å². The number of rotatable bonds is 6. The maximum Gasteiger partial charge on any atom is 0.280 e. The van der Waals surface area contributed by atoms with Gasteiger partial charge < -0.3 is 19.3 Å². The molecule has 0 saturated heterocycles. The Kier molecular flexibility index (Phi) is 4.26. The van der Waals surface area contributed by atoms with Crippen LogP contribution in [0.1, 0.15) is 37.2 Å². The third-order valence-electron chi connectivity index (χ3n) is 4.14. The van der Waals surface area contributed by atoms with E-state index in [-0.39, 0.29) is 5.92 Å². The summed E-state index contributed by atoms with van der Waals surface area (Å²) >= 11 is 0. The standard InChI is InChI=1S/C18H20N6O2/c1-11(2)17-20-13-5-3-4-6-15(13)24(17)10-16-21-18(26-23-16)14-9-12(7-8-19)25-22-14/h3-6,9,11H,7-8,10,19H2,1-2H3. The molecule has 134 valence electrons. The molecule has 26 heavy (non-hydrogen) atoms. The van der Waals surface area contributed by atoms with E-state index in [1.165, 1.54) is 0 Å². The molecule has 0 spiro atoms. The number of fused-ring (bicyclic) bond motifs is 1. The Bertz CT molecular complexity index is 1030. The molecule has 0 aliphatic carbocycles. The molecule has 2 N–H and O–H groups in total. The quantitative estimate of drug-likeness (QED) is 0.568. The number of hydrogen-bond acceptors (Lipinski definition) is 7. The summed E-state index contributed by atoms with van der Waals surface area (Å²) in [5.74, 6) is 2.87. The molecule has 0 bridgehead atoms. The Hall–Kier alpha value is -3.00. The molecule has 0 atom stereocenters. The largest absolute Gasteiger partial charge is 0.361 e. The number of aromatic nitrogens is 5. The van der Waals surface area contributed by atoms with Gasteiger partial charge in [0.15, 0.2) is 11.5 Å². The van der Waals surface area contributed by atoms with E-state index in [1.54, 1.807) is 6.07 Å². The van der Waals surface area contributed by atoms with Crippen molar-refractivity contribution in [1.29, 1.82) is 0 Å². The Morgan fingerprint density at radius 1 is 1.12 bits per heavy atom. The second kappa shape index (κ2) is 6.72. The van der Waals surface area contributed by atoms with Crippen molar-refractivity contribution in [2.75, 3.05) is 6.54 Å². The predicted molar refractivity (Wildman–Crippen MR) is 95.5 cm³/mol. The molecule has 4 aromatic rings. The van der Waals surface area contributed by atoms with Gasteiger partial charge in [0.25, 0.3) is 5.89 Å². The first-order valence-corrected chi connectivity index (χ1v) is 8.59. The van der Waals surface area contributed by atoms with Crippen molar-refractivity contribution >= 4 is 11.0 Å². The number of benzene rings is 1. The first kappa shape index (κ1) is 16.5. The third kappa shape index (κ3) is 2.99. The van der Waals surface area contributed by atoms with Crippen LogP contribution < -0.4 is 5.73 Å². The maximum absolute atomic E-state index is 5.52. The molecule has 0 amide bonds. The molecule has 0 aliphatic heterocycles. The summed E-state index contributed by atoms with van der Waals surface area (Å²) in [6, 6.07) is 9.82. The molecule has 3 heterocycles. The molecular weight excluding hydrogens is 332 g/mol. The lowest BCUT2D eigenvalue weighted by Crippen LogP contribution is -2.07. The average Bonchev–Trinajstić information content (AvgIpc) is 3.34. The van der Waals surface area contributed by atoms with E-state index in [2.05, 4.69) is 33.7 Å². The monoisotopic (exact) mass is 352 g/mol. The molecule has 0 saturated carbocycles. The molecular formula is C18H20N6O2. The topological polar surface area (TPSA) is 109 Å². The Balaban J connectivity index is 1.65. The molecule has 8 nitrogen and oxygen atoms in total. The van der Waals surface area contributed by atoms with Gasteiger partial charge in [-0.25, -0.2) is 4.98 Å². The van der Waals surface area contributed by atoms with Crippen LogP contribution in [0.4, 0.5) is 0 Å². The van der Waals surface area contributed by atoms with Crippen LogP contribution >= 0.6 is 0 Å². The molecule has 8 heteroatoms. The fourth-order valence-corrected chi connectivity index (χ4v) is 2.94. The van der Waals surface area contributed by atoms with Crippen LogP contribution in [-0.4, -0.2) is 31.4 Å². The van der Waals surface area contributed by atoms with Crippen LogP contribution in [0.3, 0.4) is 0 Å². The molecule has 0 radical (unpaired) electrons. The molecule has 3 aromatic heterocycles. The van der Waals surface area contributed by atoms with Crippen LogP contribution in [-0.2, 0) is 13.0 Å². The van der Waals surface area contributed by atoms with E-state index < -0.39 is 0 Å². The first-order valence-electron chi connectivity index (χ1n) is 8.59. The number of imidazole rings is 1. The Morgan fingerprint density at radius 3 is 2.77 bits per heavy atom. The van der Waals surface area contributed by atoms with E-state index >= 15 is 0 Å². The summed E-state index contributed by atoms with van der Waals surface area (Å²) in [7, 11) is 0. The minimum Gasteiger partial charge on any atom is -0.361 e. The van der Waals surface area contributed by atoms with Crippen molar-refractivity contribution in [1.82, 2.24) is 24.8 Å². The number of nitrogens with zero attached hydrogens (tertiary/aromatic N) is 5. The molecule has 0 aliphatic rings. The summed E-state index contributed by atoms with van der Waals surface area (Å²) in [6.07, 6.45) is 0.618. The minimum absolute atomic E-state index is 0.281. The van der Waals surface area contributed by atoms with E-state index in [1.807, 2.05) is 24.3 Å². The predicted octanol–water partition coefficient (Wildman–Crippen LogP) is 2.75. The second-order valence-electron chi connectivity index (χ2n) is 6.43. The lowest BCUT2D eigenvalue weighted by Gasteiger charge is -2.08. The Labute approximate surface area is 150 Å². The van der Waals surface area contributed by atoms with Gasteiger partial charge in [0.1, 0.15) is 11.6 Å². The van der Waals surface area contributed by atoms with Gasteiger partial charge in [0.05, 0.1) is 17.6 Å². The zero-order valence-electron chi connectivity index (χ0n) is 14.7. The van der Waals surface area contributed by atoms with E-state index in [0.29, 0.717) is 42.7 Å². The highest BCUT2D eigenvalue weighted by Crippen LogP contribution is 2.23. The highest BCUT2D eigenvalue weighted by Gasteiger charge is 2.18. The summed E-state index contributed by atoms with van der Waals surface area (Å²) in [6.45, 7) is 5.21. The molecule has 1 aromatic carbocycles. The summed E-state index contributed by atoms with van der Waals surface area (Å²) < 4.78 is 12.7. The van der Waals surface area contributed by atoms with Crippen LogP contribution in [0.25, 0.3) is 22.6 Å². The van der Waals surface area contributed by atoms with Crippen molar-refractivity contribution in [3.63, 3.8) is 0 Å². The third-order valence-corrected chi connectivity index (χ3v) is 4.14. The van der Waals surface area contributed by atoms with Gasteiger partial charge in [-0.1, -0.05) is 36.3 Å². The van der Waals surface area contributed by atoms with Gasteiger partial charge >= 0.3 is 0 Å². The van der Waals surface area contributed by atoms with Gasteiger partial charge in [0, 0.05) is 18.4 Å². The molecule has 0 unspecified atom stereocenters. The zero-order chi connectivity index (χ0) is 18.1. The zero-order valence-corrected chi connectivity index (χ0v) is 14.7. The first-order chi connectivity index (χ1) is 12.7. The second-order valence-corrected chi connectivity index (χ2v) is 6.43. The lowest BCUT2D eigenvalue weighted by atomic mass is 10.2. The number of para-hydroxylation sites is 2. The van der Waals surface area contributed by atoms with Crippen LogP contribution in [0, 0.1) is 0 Å². The number of nitrogens with two attached hydrogens (primary N) is 1. The average molecular weight is 352 g/mol. The molecule has 4 rings (SSSR count). The van der Waals surface area contributed by atoms with Crippen molar-refractivity contribution in [2.24, 2.45) is 5.73 Å². The van der Waals surface area contributed by atoms with Crippen LogP contribution in [0.15, 0.2) is 39.4 Å². The van der Waals surface area contributed by atoms with Crippen molar-refractivity contribution in [3.8, 4) is 11.6 Å². The normalized spacial score (nSPS) is 11.7. The van der Waals surface area contributed by atoms with Crippen molar-refractivity contribution < 1.29 is 9.05 Å². The highest BCUT2D eigenvalue weighted by molar-refractivity contribution is 5.76. The lowest BCUT2D eigenvalue weighted by molar-refractivity contribution is 0.378. The van der Waals surface area contributed by atoms with Gasteiger partial charge in [0.2, 0.25) is 0 Å². The smallest absolute Gasteiger partial charge is 0.280 e. The van der Waals surface area contributed by atoms with Gasteiger partial charge in [-0.05, 0) is 18.7 Å².